The second-order valence-electron chi connectivity index (χ2n) is 5.65. The van der Waals surface area contributed by atoms with Crippen molar-refractivity contribution >= 4 is 25.8 Å². The van der Waals surface area contributed by atoms with Crippen molar-refractivity contribution in [1.82, 2.24) is 4.72 Å². The number of hydrogen-bond acceptors (Lipinski definition) is 6. The third-order valence-corrected chi connectivity index (χ3v) is 6.97. The predicted molar refractivity (Wildman–Crippen MR) is 101 cm³/mol. The highest BCUT2D eigenvalue weighted by molar-refractivity contribution is 7.91. The molecule has 0 aliphatic rings. The molecule has 0 heterocycles. The van der Waals surface area contributed by atoms with Gasteiger partial charge in [0.15, 0.2) is 9.84 Å². The molecule has 0 aliphatic heterocycles. The largest absolute Gasteiger partial charge is 0.462 e. The van der Waals surface area contributed by atoms with E-state index >= 15 is 0 Å². The molecule has 0 saturated heterocycles. The van der Waals surface area contributed by atoms with Crippen molar-refractivity contribution in [3.05, 3.63) is 60.2 Å². The van der Waals surface area contributed by atoms with Gasteiger partial charge in [-0.15, -0.1) is 0 Å². The standard InChI is InChI=1S/C18H21NO6S2/c1-2-19-27(23,24)17-11-6-8-15(14-17)18(20)25-12-7-13-26(21,22)16-9-4-3-5-10-16/h3-6,8-11,14,19H,2,7,12-13H2,1H3. The van der Waals surface area contributed by atoms with E-state index in [4.69, 9.17) is 4.74 Å². The number of ether oxygens (including phenoxy) is 1. The minimum atomic E-state index is -3.68. The topological polar surface area (TPSA) is 107 Å². The summed E-state index contributed by atoms with van der Waals surface area (Å²) in [6.07, 6.45) is 0.137. The SMILES string of the molecule is CCNS(=O)(=O)c1cccc(C(=O)OCCCS(=O)(=O)c2ccccc2)c1. The maximum absolute atomic E-state index is 12.1. The molecular formula is C18H21NO6S2. The van der Waals surface area contributed by atoms with Crippen molar-refractivity contribution in [1.29, 1.82) is 0 Å². The van der Waals surface area contributed by atoms with Gasteiger partial charge in [-0.3, -0.25) is 0 Å². The van der Waals surface area contributed by atoms with Gasteiger partial charge in [-0.1, -0.05) is 31.2 Å². The Balaban J connectivity index is 1.93. The maximum atomic E-state index is 12.1. The molecule has 0 spiro atoms. The monoisotopic (exact) mass is 411 g/mol. The van der Waals surface area contributed by atoms with Gasteiger partial charge >= 0.3 is 5.97 Å². The number of nitrogens with one attached hydrogen (secondary N) is 1. The first-order valence-electron chi connectivity index (χ1n) is 8.31. The van der Waals surface area contributed by atoms with Crippen LogP contribution in [0.25, 0.3) is 0 Å². The molecule has 27 heavy (non-hydrogen) atoms. The average molecular weight is 412 g/mol. The molecule has 0 saturated carbocycles. The molecule has 0 fully saturated rings. The molecule has 7 nitrogen and oxygen atoms in total. The average Bonchev–Trinajstić information content (AvgIpc) is 2.66. The minimum Gasteiger partial charge on any atom is -0.462 e. The van der Waals surface area contributed by atoms with Crippen LogP contribution in [0.2, 0.25) is 0 Å². The fourth-order valence-corrected chi connectivity index (χ4v) is 4.70. The Morgan fingerprint density at radius 1 is 0.963 bits per heavy atom. The van der Waals surface area contributed by atoms with E-state index in [1.54, 1.807) is 25.1 Å². The molecule has 1 N–H and O–H groups in total. The fourth-order valence-electron chi connectivity index (χ4n) is 2.31. The molecule has 2 aromatic rings. The smallest absolute Gasteiger partial charge is 0.338 e. The van der Waals surface area contributed by atoms with E-state index in [-0.39, 0.29) is 40.7 Å². The number of benzene rings is 2. The molecule has 9 heteroatoms. The zero-order valence-corrected chi connectivity index (χ0v) is 16.4. The number of esters is 1. The number of carbonyl (C=O) groups is 1. The Morgan fingerprint density at radius 3 is 2.30 bits per heavy atom. The van der Waals surface area contributed by atoms with Gasteiger partial charge in [-0.25, -0.2) is 26.4 Å². The van der Waals surface area contributed by atoms with Gasteiger partial charge in [0.25, 0.3) is 0 Å². The molecule has 2 rings (SSSR count). The van der Waals surface area contributed by atoms with Gasteiger partial charge in [0, 0.05) is 6.54 Å². The van der Waals surface area contributed by atoms with Crippen LogP contribution in [-0.4, -0.2) is 41.7 Å². The summed E-state index contributed by atoms with van der Waals surface area (Å²) in [5.74, 6) is -0.861. The van der Waals surface area contributed by atoms with Gasteiger partial charge in [0.1, 0.15) is 0 Å². The van der Waals surface area contributed by atoms with Crippen LogP contribution in [0, 0.1) is 0 Å². The summed E-state index contributed by atoms with van der Waals surface area (Å²) in [5.41, 5.74) is 0.0832. The van der Waals surface area contributed by atoms with Crippen molar-refractivity contribution in [2.24, 2.45) is 0 Å². The second-order valence-corrected chi connectivity index (χ2v) is 9.53. The maximum Gasteiger partial charge on any atom is 0.338 e. The predicted octanol–water partition coefficient (Wildman–Crippen LogP) is 2.01. The van der Waals surface area contributed by atoms with E-state index in [1.165, 1.54) is 36.4 Å². The second kappa shape index (κ2) is 9.12. The lowest BCUT2D eigenvalue weighted by molar-refractivity contribution is 0.0505. The van der Waals surface area contributed by atoms with E-state index < -0.39 is 25.8 Å². The van der Waals surface area contributed by atoms with Crippen molar-refractivity contribution in [3.8, 4) is 0 Å². The first-order valence-corrected chi connectivity index (χ1v) is 11.4. The number of sulfonamides is 1. The summed E-state index contributed by atoms with van der Waals surface area (Å²) in [7, 11) is -7.11. The normalized spacial score (nSPS) is 11.9. The summed E-state index contributed by atoms with van der Waals surface area (Å²) in [5, 5.41) is 0. The lowest BCUT2D eigenvalue weighted by atomic mass is 10.2. The highest BCUT2D eigenvalue weighted by atomic mass is 32.2. The Hall–Kier alpha value is -2.23. The number of carbonyl (C=O) groups excluding carboxylic acids is 1. The highest BCUT2D eigenvalue weighted by Crippen LogP contribution is 2.14. The molecule has 0 atom stereocenters. The summed E-state index contributed by atoms with van der Waals surface area (Å²) in [6.45, 7) is 1.79. The molecule has 0 amide bonds. The van der Waals surface area contributed by atoms with E-state index in [9.17, 15) is 21.6 Å². The zero-order chi connectivity index (χ0) is 19.9. The quantitative estimate of drug-likeness (QED) is 0.500. The van der Waals surface area contributed by atoms with Crippen LogP contribution in [-0.2, 0) is 24.6 Å². The van der Waals surface area contributed by atoms with Gasteiger partial charge in [0.2, 0.25) is 10.0 Å². The first kappa shape index (κ1) is 21.1. The molecule has 2 aromatic carbocycles. The summed E-state index contributed by atoms with van der Waals surface area (Å²) in [4.78, 5) is 12.3. The Kier molecular flexibility index (Phi) is 7.11. The lowest BCUT2D eigenvalue weighted by Gasteiger charge is -2.08. The van der Waals surface area contributed by atoms with Gasteiger partial charge in [-0.2, -0.15) is 0 Å². The van der Waals surface area contributed by atoms with Crippen LogP contribution in [0.5, 0.6) is 0 Å². The van der Waals surface area contributed by atoms with Crippen molar-refractivity contribution < 1.29 is 26.4 Å². The number of rotatable bonds is 9. The zero-order valence-electron chi connectivity index (χ0n) is 14.8. The highest BCUT2D eigenvalue weighted by Gasteiger charge is 2.17. The molecule has 0 radical (unpaired) electrons. The van der Waals surface area contributed by atoms with E-state index in [1.807, 2.05) is 0 Å². The lowest BCUT2D eigenvalue weighted by Crippen LogP contribution is -2.23. The minimum absolute atomic E-state index is 0.0366. The van der Waals surface area contributed by atoms with Crippen LogP contribution >= 0.6 is 0 Å². The fraction of sp³-hybridized carbons (Fsp3) is 0.278. The summed E-state index contributed by atoms with van der Waals surface area (Å²) >= 11 is 0. The summed E-state index contributed by atoms with van der Waals surface area (Å²) in [6, 6.07) is 13.5. The molecule has 0 aromatic heterocycles. The van der Waals surface area contributed by atoms with Crippen LogP contribution in [0.15, 0.2) is 64.4 Å². The first-order chi connectivity index (χ1) is 12.8. The van der Waals surface area contributed by atoms with Crippen LogP contribution < -0.4 is 4.72 Å². The molecule has 146 valence electrons. The third-order valence-electron chi connectivity index (χ3n) is 3.61. The summed E-state index contributed by atoms with van der Waals surface area (Å²) < 4.78 is 55.7. The number of hydrogen-bond donors (Lipinski definition) is 1. The Bertz CT molecular complexity index is 986. The van der Waals surface area contributed by atoms with Crippen LogP contribution in [0.3, 0.4) is 0 Å². The number of sulfone groups is 1. The van der Waals surface area contributed by atoms with Gasteiger partial charge in [0.05, 0.1) is 27.7 Å². The van der Waals surface area contributed by atoms with Crippen LogP contribution in [0.4, 0.5) is 0 Å². The van der Waals surface area contributed by atoms with Gasteiger partial charge in [-0.05, 0) is 36.8 Å². The van der Waals surface area contributed by atoms with Crippen LogP contribution in [0.1, 0.15) is 23.7 Å². The Labute approximate surface area is 159 Å². The third kappa shape index (κ3) is 5.88. The van der Waals surface area contributed by atoms with E-state index in [2.05, 4.69) is 4.72 Å². The molecular weight excluding hydrogens is 390 g/mol. The van der Waals surface area contributed by atoms with E-state index in [0.29, 0.717) is 0 Å². The van der Waals surface area contributed by atoms with Crippen molar-refractivity contribution in [2.75, 3.05) is 18.9 Å². The van der Waals surface area contributed by atoms with Crippen molar-refractivity contribution in [3.63, 3.8) is 0 Å². The van der Waals surface area contributed by atoms with Gasteiger partial charge < -0.3 is 4.74 Å². The molecule has 0 unspecified atom stereocenters. The molecule has 0 aliphatic carbocycles. The van der Waals surface area contributed by atoms with Crippen molar-refractivity contribution in [2.45, 2.75) is 23.1 Å². The molecule has 0 bridgehead atoms. The van der Waals surface area contributed by atoms with E-state index in [0.717, 1.165) is 0 Å². The Morgan fingerprint density at radius 2 is 1.63 bits per heavy atom.